The van der Waals surface area contributed by atoms with E-state index in [0.717, 1.165) is 32.9 Å². The van der Waals surface area contributed by atoms with Gasteiger partial charge >= 0.3 is 11.9 Å². The van der Waals surface area contributed by atoms with Crippen LogP contribution in [0.5, 0.6) is 5.75 Å². The molecule has 1 heterocycles. The number of carbonyl (C=O) groups is 2. The highest BCUT2D eigenvalue weighted by atomic mass is 16.5. The van der Waals surface area contributed by atoms with Gasteiger partial charge in [0, 0.05) is 13.5 Å². The second-order valence-electron chi connectivity index (χ2n) is 8.48. The van der Waals surface area contributed by atoms with Crippen LogP contribution in [0.1, 0.15) is 37.4 Å². The smallest absolute Gasteiger partial charge is 0.338 e. The van der Waals surface area contributed by atoms with Crippen LogP contribution in [-0.2, 0) is 24.8 Å². The van der Waals surface area contributed by atoms with Crippen molar-refractivity contribution in [3.8, 4) is 5.75 Å². The number of aromatic nitrogens is 2. The molecule has 0 fully saturated rings. The summed E-state index contributed by atoms with van der Waals surface area (Å²) in [5, 5.41) is 21.1. The highest BCUT2D eigenvalue weighted by Crippen LogP contribution is 2.28. The minimum absolute atomic E-state index is 0.135. The average molecular weight is 466 g/mol. The van der Waals surface area contributed by atoms with Crippen molar-refractivity contribution in [1.82, 2.24) is 9.55 Å². The van der Waals surface area contributed by atoms with Crippen LogP contribution >= 0.6 is 0 Å². The first kappa shape index (κ1) is 22.2. The van der Waals surface area contributed by atoms with E-state index in [1.807, 2.05) is 35.9 Å². The summed E-state index contributed by atoms with van der Waals surface area (Å²) < 4.78 is 7.46. The molecule has 0 aliphatic carbocycles. The second-order valence-corrected chi connectivity index (χ2v) is 8.48. The molecule has 0 spiro atoms. The SMILES string of the molecule is Cn1cnc2cc(COC(=O)c3ccc4cc(O)c(Cc5ccc(C(=O)O)cc5)cc4c3)ccc21. The predicted octanol–water partition coefficient (Wildman–Crippen LogP) is 5.08. The van der Waals surface area contributed by atoms with Crippen LogP contribution in [0.4, 0.5) is 0 Å². The van der Waals surface area contributed by atoms with Crippen LogP contribution in [0, 0.1) is 0 Å². The molecular formula is C28H22N2O5. The van der Waals surface area contributed by atoms with Gasteiger partial charge < -0.3 is 19.5 Å². The molecule has 5 aromatic rings. The number of phenolic OH excluding ortho intramolecular Hbond substituents is 1. The van der Waals surface area contributed by atoms with Gasteiger partial charge in [-0.15, -0.1) is 0 Å². The highest BCUT2D eigenvalue weighted by molar-refractivity contribution is 5.96. The first-order chi connectivity index (χ1) is 16.9. The van der Waals surface area contributed by atoms with Gasteiger partial charge in [-0.2, -0.15) is 0 Å². The molecule has 174 valence electrons. The van der Waals surface area contributed by atoms with Crippen LogP contribution in [0.15, 0.2) is 79.1 Å². The number of carboxylic acids is 1. The van der Waals surface area contributed by atoms with E-state index in [1.54, 1.807) is 42.7 Å². The number of carbonyl (C=O) groups excluding carboxylic acids is 1. The van der Waals surface area contributed by atoms with Crippen molar-refractivity contribution in [1.29, 1.82) is 0 Å². The number of aryl methyl sites for hydroxylation is 1. The highest BCUT2D eigenvalue weighted by Gasteiger charge is 2.12. The van der Waals surface area contributed by atoms with E-state index in [0.29, 0.717) is 17.5 Å². The second kappa shape index (κ2) is 8.95. The lowest BCUT2D eigenvalue weighted by molar-refractivity contribution is 0.0472. The topological polar surface area (TPSA) is 102 Å². The molecule has 0 bridgehead atoms. The number of carboxylic acid groups (broad SMARTS) is 1. The van der Waals surface area contributed by atoms with Crippen molar-refractivity contribution >= 4 is 33.7 Å². The summed E-state index contributed by atoms with van der Waals surface area (Å²) in [4.78, 5) is 28.1. The Kier molecular flexibility index (Phi) is 5.66. The summed E-state index contributed by atoms with van der Waals surface area (Å²) >= 11 is 0. The molecule has 35 heavy (non-hydrogen) atoms. The molecule has 5 rings (SSSR count). The number of ether oxygens (including phenoxy) is 1. The Balaban J connectivity index is 1.33. The Bertz CT molecular complexity index is 1590. The fourth-order valence-corrected chi connectivity index (χ4v) is 4.09. The van der Waals surface area contributed by atoms with E-state index in [1.165, 1.54) is 12.1 Å². The Morgan fingerprint density at radius 1 is 0.886 bits per heavy atom. The van der Waals surface area contributed by atoms with Gasteiger partial charge in [-0.25, -0.2) is 14.6 Å². The lowest BCUT2D eigenvalue weighted by Crippen LogP contribution is -2.05. The third-order valence-corrected chi connectivity index (χ3v) is 6.03. The average Bonchev–Trinajstić information content (AvgIpc) is 3.23. The van der Waals surface area contributed by atoms with E-state index in [9.17, 15) is 14.7 Å². The number of imidazole rings is 1. The summed E-state index contributed by atoms with van der Waals surface area (Å²) in [5.74, 6) is -1.28. The normalized spacial score (nSPS) is 11.1. The van der Waals surface area contributed by atoms with Crippen molar-refractivity contribution in [2.24, 2.45) is 7.05 Å². The molecule has 2 N–H and O–H groups in total. The zero-order valence-electron chi connectivity index (χ0n) is 18.9. The van der Waals surface area contributed by atoms with Gasteiger partial charge in [-0.3, -0.25) is 0 Å². The van der Waals surface area contributed by atoms with Gasteiger partial charge in [-0.1, -0.05) is 24.3 Å². The fourth-order valence-electron chi connectivity index (χ4n) is 4.09. The molecule has 7 nitrogen and oxygen atoms in total. The van der Waals surface area contributed by atoms with Crippen LogP contribution < -0.4 is 0 Å². The minimum atomic E-state index is -0.984. The summed E-state index contributed by atoms with van der Waals surface area (Å²) in [7, 11) is 1.93. The van der Waals surface area contributed by atoms with Crippen LogP contribution in [-0.4, -0.2) is 31.7 Å². The summed E-state index contributed by atoms with van der Waals surface area (Å²) in [6, 6.07) is 21.0. The van der Waals surface area contributed by atoms with Crippen LogP contribution in [0.3, 0.4) is 0 Å². The third-order valence-electron chi connectivity index (χ3n) is 6.03. The molecule has 0 aliphatic heterocycles. The van der Waals surface area contributed by atoms with E-state index in [2.05, 4.69) is 4.98 Å². The molecule has 0 saturated carbocycles. The molecular weight excluding hydrogens is 444 g/mol. The molecule has 7 heteroatoms. The van der Waals surface area contributed by atoms with Crippen molar-refractivity contribution < 1.29 is 24.5 Å². The number of hydrogen-bond donors (Lipinski definition) is 2. The zero-order valence-corrected chi connectivity index (χ0v) is 18.9. The van der Waals surface area contributed by atoms with Crippen molar-refractivity contribution in [3.05, 3.63) is 107 Å². The molecule has 1 aromatic heterocycles. The van der Waals surface area contributed by atoms with E-state index in [4.69, 9.17) is 9.84 Å². The number of aromatic hydroxyl groups is 1. The lowest BCUT2D eigenvalue weighted by Gasteiger charge is -2.10. The van der Waals surface area contributed by atoms with Gasteiger partial charge in [0.05, 0.1) is 28.5 Å². The van der Waals surface area contributed by atoms with Crippen molar-refractivity contribution in [2.75, 3.05) is 0 Å². The lowest BCUT2D eigenvalue weighted by atomic mass is 9.98. The monoisotopic (exact) mass is 466 g/mol. The maximum atomic E-state index is 12.7. The quantitative estimate of drug-likeness (QED) is 0.339. The maximum absolute atomic E-state index is 12.7. The van der Waals surface area contributed by atoms with Gasteiger partial charge in [-0.05, 0) is 76.0 Å². The zero-order chi connectivity index (χ0) is 24.5. The third kappa shape index (κ3) is 4.56. The molecule has 0 saturated heterocycles. The maximum Gasteiger partial charge on any atom is 0.338 e. The number of fused-ring (bicyclic) bond motifs is 2. The standard InChI is InChI=1S/C28H22N2O5/c1-30-16-29-24-11-18(4-9-25(24)30)15-35-28(34)21-8-7-20-14-26(31)23(13-22(20)12-21)10-17-2-5-19(6-3-17)27(32)33/h2-9,11-14,16,31H,10,15H2,1H3,(H,32,33). The Morgan fingerprint density at radius 2 is 1.63 bits per heavy atom. The number of aromatic carboxylic acids is 1. The fraction of sp³-hybridized carbons (Fsp3) is 0.107. The van der Waals surface area contributed by atoms with Gasteiger partial charge in [0.2, 0.25) is 0 Å². The van der Waals surface area contributed by atoms with Crippen molar-refractivity contribution in [3.63, 3.8) is 0 Å². The molecule has 0 amide bonds. The summed E-state index contributed by atoms with van der Waals surface area (Å²) in [5.41, 5.74) is 4.87. The summed E-state index contributed by atoms with van der Waals surface area (Å²) in [6.07, 6.45) is 2.17. The van der Waals surface area contributed by atoms with E-state index >= 15 is 0 Å². The summed E-state index contributed by atoms with van der Waals surface area (Å²) in [6.45, 7) is 0.135. The first-order valence-electron chi connectivity index (χ1n) is 11.0. The van der Waals surface area contributed by atoms with E-state index in [-0.39, 0.29) is 17.9 Å². The Morgan fingerprint density at radius 3 is 2.40 bits per heavy atom. The molecule has 4 aromatic carbocycles. The number of phenols is 1. The number of rotatable bonds is 6. The first-order valence-corrected chi connectivity index (χ1v) is 11.0. The van der Waals surface area contributed by atoms with Gasteiger partial charge in [0.25, 0.3) is 0 Å². The molecule has 0 atom stereocenters. The van der Waals surface area contributed by atoms with Crippen LogP contribution in [0.2, 0.25) is 0 Å². The molecule has 0 unspecified atom stereocenters. The minimum Gasteiger partial charge on any atom is -0.508 e. The molecule has 0 radical (unpaired) electrons. The van der Waals surface area contributed by atoms with Gasteiger partial charge in [0.1, 0.15) is 12.4 Å². The Labute approximate surface area is 200 Å². The molecule has 0 aliphatic rings. The number of esters is 1. The van der Waals surface area contributed by atoms with E-state index < -0.39 is 11.9 Å². The van der Waals surface area contributed by atoms with Crippen molar-refractivity contribution in [2.45, 2.75) is 13.0 Å². The largest absolute Gasteiger partial charge is 0.508 e. The Hall–Kier alpha value is -4.65. The number of nitrogens with zero attached hydrogens (tertiary/aromatic N) is 2. The van der Waals surface area contributed by atoms with Gasteiger partial charge in [0.15, 0.2) is 0 Å². The predicted molar refractivity (Wildman–Crippen MR) is 132 cm³/mol. The van der Waals surface area contributed by atoms with Crippen LogP contribution in [0.25, 0.3) is 21.8 Å². The number of hydrogen-bond acceptors (Lipinski definition) is 5. The number of benzene rings is 4.